The number of esters is 1. The molecule has 1 saturated carbocycles. The topological polar surface area (TPSA) is 64.6 Å². The van der Waals surface area contributed by atoms with Crippen LogP contribution >= 0.6 is 0 Å². The lowest BCUT2D eigenvalue weighted by molar-refractivity contribution is -0.153. The predicted octanol–water partition coefficient (Wildman–Crippen LogP) is 3.32. The molecule has 130 valence electrons. The zero-order valence-corrected chi connectivity index (χ0v) is 14.6. The van der Waals surface area contributed by atoms with Crippen molar-refractivity contribution in [3.63, 3.8) is 0 Å². The van der Waals surface area contributed by atoms with E-state index in [1.165, 1.54) is 5.56 Å². The highest BCUT2D eigenvalue weighted by molar-refractivity contribution is 5.73. The molecule has 1 aromatic carbocycles. The summed E-state index contributed by atoms with van der Waals surface area (Å²) in [4.78, 5) is 23.2. The fraction of sp³-hybridized carbons (Fsp3) is 0.579. The molecule has 1 N–H and O–H groups in total. The summed E-state index contributed by atoms with van der Waals surface area (Å²) in [5.41, 5.74) is 1.57. The fourth-order valence-electron chi connectivity index (χ4n) is 3.60. The first-order valence-corrected chi connectivity index (χ1v) is 8.50. The number of carbonyl (C=O) groups is 2. The van der Waals surface area contributed by atoms with Gasteiger partial charge >= 0.3 is 12.1 Å². The molecule has 1 spiro atoms. The molecule has 1 saturated heterocycles. The van der Waals surface area contributed by atoms with E-state index < -0.39 is 5.60 Å². The SMILES string of the molecule is CC(C)(C)OC(=O)Cc1ccc([C@H]2CC[C@]3(COC(=O)N3)C2)cc1. The third kappa shape index (κ3) is 3.89. The van der Waals surface area contributed by atoms with Crippen molar-refractivity contribution in [1.82, 2.24) is 5.32 Å². The molecule has 0 unspecified atom stereocenters. The van der Waals surface area contributed by atoms with Crippen LogP contribution < -0.4 is 5.32 Å². The number of alkyl carbamates (subject to hydrolysis) is 1. The Morgan fingerprint density at radius 1 is 1.33 bits per heavy atom. The van der Waals surface area contributed by atoms with Crippen LogP contribution in [0.15, 0.2) is 24.3 Å². The molecule has 5 heteroatoms. The smallest absolute Gasteiger partial charge is 0.407 e. The van der Waals surface area contributed by atoms with Crippen LogP contribution in [0.4, 0.5) is 4.79 Å². The van der Waals surface area contributed by atoms with Gasteiger partial charge in [0.1, 0.15) is 12.2 Å². The normalized spacial score (nSPS) is 26.3. The lowest BCUT2D eigenvalue weighted by atomic mass is 9.92. The number of nitrogens with one attached hydrogen (secondary N) is 1. The zero-order chi connectivity index (χ0) is 17.4. The first-order chi connectivity index (χ1) is 11.2. The Kier molecular flexibility index (Phi) is 4.28. The first-order valence-electron chi connectivity index (χ1n) is 8.50. The number of carbonyl (C=O) groups excluding carboxylic acids is 2. The van der Waals surface area contributed by atoms with Gasteiger partial charge < -0.3 is 14.8 Å². The average molecular weight is 331 g/mol. The van der Waals surface area contributed by atoms with Gasteiger partial charge in [-0.15, -0.1) is 0 Å². The highest BCUT2D eigenvalue weighted by atomic mass is 16.6. The highest BCUT2D eigenvalue weighted by Gasteiger charge is 2.45. The van der Waals surface area contributed by atoms with Crippen molar-refractivity contribution >= 4 is 12.1 Å². The molecule has 1 aliphatic carbocycles. The van der Waals surface area contributed by atoms with Crippen LogP contribution in [0.3, 0.4) is 0 Å². The van der Waals surface area contributed by atoms with Gasteiger partial charge in [0.2, 0.25) is 0 Å². The highest BCUT2D eigenvalue weighted by Crippen LogP contribution is 2.42. The van der Waals surface area contributed by atoms with Crippen LogP contribution in [0.25, 0.3) is 0 Å². The Bertz CT molecular complexity index is 632. The largest absolute Gasteiger partial charge is 0.460 e. The Morgan fingerprint density at radius 2 is 2.04 bits per heavy atom. The summed E-state index contributed by atoms with van der Waals surface area (Å²) >= 11 is 0. The van der Waals surface area contributed by atoms with Crippen LogP contribution in [-0.2, 0) is 20.7 Å². The van der Waals surface area contributed by atoms with Crippen molar-refractivity contribution in [2.24, 2.45) is 0 Å². The molecule has 1 aliphatic heterocycles. The minimum Gasteiger partial charge on any atom is -0.460 e. The predicted molar refractivity (Wildman–Crippen MR) is 89.8 cm³/mol. The van der Waals surface area contributed by atoms with Gasteiger partial charge in [0, 0.05) is 0 Å². The third-order valence-corrected chi connectivity index (χ3v) is 4.67. The van der Waals surface area contributed by atoms with Gasteiger partial charge in [0.15, 0.2) is 0 Å². The van der Waals surface area contributed by atoms with E-state index in [0.717, 1.165) is 24.8 Å². The molecule has 0 bridgehead atoms. The van der Waals surface area contributed by atoms with E-state index in [2.05, 4.69) is 17.4 Å². The Balaban J connectivity index is 1.59. The van der Waals surface area contributed by atoms with Crippen LogP contribution in [0.5, 0.6) is 0 Å². The van der Waals surface area contributed by atoms with Crippen LogP contribution in [-0.4, -0.2) is 29.8 Å². The van der Waals surface area contributed by atoms with Gasteiger partial charge in [-0.3, -0.25) is 4.79 Å². The van der Waals surface area contributed by atoms with Gasteiger partial charge in [0.25, 0.3) is 0 Å². The molecular formula is C19H25NO4. The molecule has 1 amide bonds. The minimum absolute atomic E-state index is 0.184. The number of hydrogen-bond acceptors (Lipinski definition) is 4. The van der Waals surface area contributed by atoms with Gasteiger partial charge in [-0.1, -0.05) is 24.3 Å². The molecule has 1 aromatic rings. The number of cyclic esters (lactones) is 1. The van der Waals surface area contributed by atoms with Crippen molar-refractivity contribution in [3.05, 3.63) is 35.4 Å². The molecule has 0 aromatic heterocycles. The molecule has 0 radical (unpaired) electrons. The molecule has 2 fully saturated rings. The maximum atomic E-state index is 11.9. The van der Waals surface area contributed by atoms with E-state index in [1.54, 1.807) is 0 Å². The van der Waals surface area contributed by atoms with Gasteiger partial charge in [-0.05, 0) is 57.1 Å². The van der Waals surface area contributed by atoms with Gasteiger partial charge in [-0.25, -0.2) is 4.79 Å². The standard InChI is InChI=1S/C19H25NO4/c1-18(2,3)24-16(21)10-13-4-6-14(7-5-13)15-8-9-19(11-15)12-23-17(22)20-19/h4-7,15H,8-12H2,1-3H3,(H,20,22)/t15-,19+/m0/s1. The molecule has 1 heterocycles. The molecule has 3 rings (SSSR count). The zero-order valence-electron chi connectivity index (χ0n) is 14.6. The van der Waals surface area contributed by atoms with E-state index in [9.17, 15) is 9.59 Å². The van der Waals surface area contributed by atoms with E-state index in [0.29, 0.717) is 12.5 Å². The van der Waals surface area contributed by atoms with Crippen molar-refractivity contribution < 1.29 is 19.1 Å². The average Bonchev–Trinajstić information content (AvgIpc) is 3.05. The van der Waals surface area contributed by atoms with E-state index >= 15 is 0 Å². The van der Waals surface area contributed by atoms with Crippen molar-refractivity contribution in [2.75, 3.05) is 6.61 Å². The van der Waals surface area contributed by atoms with Crippen LogP contribution in [0, 0.1) is 0 Å². The Labute approximate surface area is 142 Å². The molecule has 24 heavy (non-hydrogen) atoms. The maximum Gasteiger partial charge on any atom is 0.407 e. The Hall–Kier alpha value is -2.04. The summed E-state index contributed by atoms with van der Waals surface area (Å²) in [7, 11) is 0. The molecular weight excluding hydrogens is 306 g/mol. The molecule has 2 atom stereocenters. The monoisotopic (exact) mass is 331 g/mol. The summed E-state index contributed by atoms with van der Waals surface area (Å²) < 4.78 is 10.4. The van der Waals surface area contributed by atoms with Crippen LogP contribution in [0.1, 0.15) is 57.1 Å². The van der Waals surface area contributed by atoms with Crippen molar-refractivity contribution in [3.8, 4) is 0 Å². The maximum absolute atomic E-state index is 11.9. The number of amides is 1. The minimum atomic E-state index is -0.455. The summed E-state index contributed by atoms with van der Waals surface area (Å²) in [5, 5.41) is 2.97. The van der Waals surface area contributed by atoms with Crippen LogP contribution in [0.2, 0.25) is 0 Å². The number of ether oxygens (including phenoxy) is 2. The summed E-state index contributed by atoms with van der Waals surface area (Å²) in [6, 6.07) is 8.16. The second-order valence-electron chi connectivity index (χ2n) is 7.93. The number of hydrogen-bond donors (Lipinski definition) is 1. The lowest BCUT2D eigenvalue weighted by Crippen LogP contribution is -2.40. The first kappa shape index (κ1) is 16.8. The fourth-order valence-corrected chi connectivity index (χ4v) is 3.60. The second-order valence-corrected chi connectivity index (χ2v) is 7.93. The number of rotatable bonds is 3. The van der Waals surface area contributed by atoms with Gasteiger partial charge in [0.05, 0.1) is 12.0 Å². The van der Waals surface area contributed by atoms with Gasteiger partial charge in [-0.2, -0.15) is 0 Å². The van der Waals surface area contributed by atoms with E-state index in [1.807, 2.05) is 32.9 Å². The lowest BCUT2D eigenvalue weighted by Gasteiger charge is -2.20. The number of benzene rings is 1. The molecule has 2 aliphatic rings. The second kappa shape index (κ2) is 6.11. The van der Waals surface area contributed by atoms with Crippen molar-refractivity contribution in [2.45, 2.75) is 63.5 Å². The summed E-state index contributed by atoms with van der Waals surface area (Å²) in [6.07, 6.45) is 2.88. The summed E-state index contributed by atoms with van der Waals surface area (Å²) in [6.45, 7) is 6.08. The summed E-state index contributed by atoms with van der Waals surface area (Å²) in [5.74, 6) is 0.212. The van der Waals surface area contributed by atoms with E-state index in [4.69, 9.17) is 9.47 Å². The molecule has 5 nitrogen and oxygen atoms in total. The Morgan fingerprint density at radius 3 is 2.62 bits per heavy atom. The quantitative estimate of drug-likeness (QED) is 0.863. The van der Waals surface area contributed by atoms with Crippen molar-refractivity contribution in [1.29, 1.82) is 0 Å². The third-order valence-electron chi connectivity index (χ3n) is 4.67. The van der Waals surface area contributed by atoms with E-state index in [-0.39, 0.29) is 24.0 Å².